The minimum Gasteiger partial charge on any atom is -0.339 e. The molecule has 4 heterocycles. The van der Waals surface area contributed by atoms with Crippen molar-refractivity contribution >= 4 is 27.6 Å². The molecular weight excluding hydrogens is 326 g/mol. The number of carbonyl (C=O) groups excluding carboxylic acids is 1. The van der Waals surface area contributed by atoms with Crippen LogP contribution >= 0.6 is 11.3 Å². The average molecular weight is 343 g/mol. The largest absolute Gasteiger partial charge is 0.339 e. The van der Waals surface area contributed by atoms with Gasteiger partial charge in [0.15, 0.2) is 10.8 Å². The lowest BCUT2D eigenvalue weighted by Crippen LogP contribution is -2.31. The van der Waals surface area contributed by atoms with E-state index in [9.17, 15) is 4.79 Å². The second kappa shape index (κ2) is 5.94. The molecule has 1 saturated heterocycles. The zero-order valence-electron chi connectivity index (χ0n) is 13.5. The Bertz CT molecular complexity index is 854. The highest BCUT2D eigenvalue weighted by Crippen LogP contribution is 2.33. The number of fused-ring (bicyclic) bond motifs is 1. The van der Waals surface area contributed by atoms with Crippen LogP contribution in [0.2, 0.25) is 0 Å². The molecule has 0 N–H and O–H groups in total. The Balaban J connectivity index is 1.62. The first-order valence-electron chi connectivity index (χ1n) is 7.99. The van der Waals surface area contributed by atoms with Crippen molar-refractivity contribution < 1.29 is 9.32 Å². The Morgan fingerprint density at radius 3 is 3.04 bits per heavy atom. The van der Waals surface area contributed by atoms with E-state index in [1.807, 2.05) is 26.0 Å². The highest BCUT2D eigenvalue weighted by Gasteiger charge is 2.35. The van der Waals surface area contributed by atoms with Crippen LogP contribution in [0.1, 0.15) is 60.2 Å². The number of pyridine rings is 1. The molecule has 1 aliphatic heterocycles. The van der Waals surface area contributed by atoms with Crippen molar-refractivity contribution in [2.24, 2.45) is 0 Å². The van der Waals surface area contributed by atoms with Crippen molar-refractivity contribution in [3.05, 3.63) is 35.1 Å². The number of likely N-dealkylation sites (tertiary alicyclic amines) is 1. The summed E-state index contributed by atoms with van der Waals surface area (Å²) in [6, 6.07) is 3.54. The van der Waals surface area contributed by atoms with Crippen LogP contribution in [0.25, 0.3) is 10.3 Å². The summed E-state index contributed by atoms with van der Waals surface area (Å²) in [7, 11) is 0. The summed E-state index contributed by atoms with van der Waals surface area (Å²) in [5.41, 5.74) is 0.753. The Labute approximate surface area is 142 Å². The number of aromatic nitrogens is 4. The van der Waals surface area contributed by atoms with Gasteiger partial charge in [-0.2, -0.15) is 4.98 Å². The van der Waals surface area contributed by atoms with E-state index in [0.29, 0.717) is 23.3 Å². The highest BCUT2D eigenvalue weighted by atomic mass is 32.1. The first-order chi connectivity index (χ1) is 11.6. The molecule has 4 rings (SSSR count). The summed E-state index contributed by atoms with van der Waals surface area (Å²) < 4.78 is 5.30. The van der Waals surface area contributed by atoms with Crippen LogP contribution in [-0.2, 0) is 0 Å². The van der Waals surface area contributed by atoms with E-state index >= 15 is 0 Å². The quantitative estimate of drug-likeness (QED) is 0.726. The zero-order valence-corrected chi connectivity index (χ0v) is 14.3. The van der Waals surface area contributed by atoms with Gasteiger partial charge in [-0.25, -0.2) is 9.97 Å². The van der Waals surface area contributed by atoms with Gasteiger partial charge in [-0.3, -0.25) is 4.79 Å². The smallest absolute Gasteiger partial charge is 0.283 e. The number of thiazole rings is 1. The molecule has 3 aromatic rings. The van der Waals surface area contributed by atoms with Crippen molar-refractivity contribution in [3.8, 4) is 0 Å². The van der Waals surface area contributed by atoms with Crippen LogP contribution in [-0.4, -0.2) is 37.5 Å². The molecule has 0 saturated carbocycles. The van der Waals surface area contributed by atoms with Crippen molar-refractivity contribution in [2.75, 3.05) is 6.54 Å². The predicted molar refractivity (Wildman–Crippen MR) is 88.8 cm³/mol. The topological polar surface area (TPSA) is 85.0 Å². The number of amides is 1. The molecule has 0 bridgehead atoms. The fraction of sp³-hybridized carbons (Fsp3) is 0.438. The summed E-state index contributed by atoms with van der Waals surface area (Å²) in [6.07, 6.45) is 3.47. The van der Waals surface area contributed by atoms with E-state index in [1.165, 1.54) is 11.3 Å². The van der Waals surface area contributed by atoms with Gasteiger partial charge in [-0.15, -0.1) is 0 Å². The van der Waals surface area contributed by atoms with Gasteiger partial charge in [0, 0.05) is 18.7 Å². The lowest BCUT2D eigenvalue weighted by molar-refractivity contribution is 0.0728. The van der Waals surface area contributed by atoms with Gasteiger partial charge >= 0.3 is 0 Å². The zero-order chi connectivity index (χ0) is 16.7. The molecule has 1 amide bonds. The summed E-state index contributed by atoms with van der Waals surface area (Å²) in [5, 5.41) is 4.54. The molecule has 8 heteroatoms. The molecule has 0 spiro atoms. The lowest BCUT2D eigenvalue weighted by Gasteiger charge is -2.20. The fourth-order valence-electron chi connectivity index (χ4n) is 2.88. The van der Waals surface area contributed by atoms with Crippen LogP contribution in [0.3, 0.4) is 0 Å². The van der Waals surface area contributed by atoms with E-state index in [2.05, 4.69) is 20.1 Å². The van der Waals surface area contributed by atoms with Gasteiger partial charge in [-0.1, -0.05) is 30.3 Å². The van der Waals surface area contributed by atoms with Gasteiger partial charge in [-0.05, 0) is 25.0 Å². The third kappa shape index (κ3) is 2.56. The Hall–Kier alpha value is -2.35. The fourth-order valence-corrected chi connectivity index (χ4v) is 3.74. The Kier molecular flexibility index (Phi) is 3.76. The van der Waals surface area contributed by atoms with Crippen LogP contribution in [0.5, 0.6) is 0 Å². The Morgan fingerprint density at radius 2 is 2.29 bits per heavy atom. The molecular formula is C16H17N5O2S. The number of carbonyl (C=O) groups is 1. The molecule has 0 unspecified atom stereocenters. The number of hydrogen-bond acceptors (Lipinski definition) is 7. The van der Waals surface area contributed by atoms with Crippen molar-refractivity contribution in [2.45, 2.75) is 38.6 Å². The standard InChI is InChI=1S/C16H17N5O2S/c1-9(2)13-19-12(20-23-13)11-6-4-8-21(11)16(22)15-18-10-5-3-7-17-14(10)24-15/h3,5,7,9,11H,4,6,8H2,1-2H3/t11-/m0/s1. The molecule has 0 aromatic carbocycles. The molecule has 24 heavy (non-hydrogen) atoms. The number of hydrogen-bond donors (Lipinski definition) is 0. The molecule has 3 aromatic heterocycles. The normalized spacial score (nSPS) is 18.0. The molecule has 1 atom stereocenters. The maximum Gasteiger partial charge on any atom is 0.283 e. The molecule has 1 aliphatic rings. The number of nitrogens with zero attached hydrogens (tertiary/aromatic N) is 5. The minimum absolute atomic E-state index is 0.0867. The highest BCUT2D eigenvalue weighted by molar-refractivity contribution is 7.19. The molecule has 0 aliphatic carbocycles. The van der Waals surface area contributed by atoms with Gasteiger partial charge in [0.25, 0.3) is 5.91 Å². The third-order valence-electron chi connectivity index (χ3n) is 4.11. The average Bonchev–Trinajstić information content (AvgIpc) is 3.30. The second-order valence-corrected chi connectivity index (χ2v) is 7.13. The van der Waals surface area contributed by atoms with E-state index in [1.54, 1.807) is 11.1 Å². The second-order valence-electron chi connectivity index (χ2n) is 6.15. The first-order valence-corrected chi connectivity index (χ1v) is 8.81. The van der Waals surface area contributed by atoms with Crippen LogP contribution in [0.15, 0.2) is 22.9 Å². The molecule has 124 valence electrons. The molecule has 1 fully saturated rings. The molecule has 0 radical (unpaired) electrons. The summed E-state index contributed by atoms with van der Waals surface area (Å²) in [4.78, 5) is 28.6. The monoisotopic (exact) mass is 343 g/mol. The van der Waals surface area contributed by atoms with E-state index in [0.717, 1.165) is 23.2 Å². The molecule has 7 nitrogen and oxygen atoms in total. The SMILES string of the molecule is CC(C)c1nc([C@@H]2CCCN2C(=O)c2nc3cccnc3s2)no1. The van der Waals surface area contributed by atoms with Crippen LogP contribution in [0, 0.1) is 0 Å². The van der Waals surface area contributed by atoms with Gasteiger partial charge in [0.05, 0.1) is 6.04 Å². The van der Waals surface area contributed by atoms with E-state index in [-0.39, 0.29) is 17.9 Å². The number of rotatable bonds is 3. The van der Waals surface area contributed by atoms with E-state index in [4.69, 9.17) is 4.52 Å². The predicted octanol–water partition coefficient (Wildman–Crippen LogP) is 3.18. The first kappa shape index (κ1) is 15.2. The van der Waals surface area contributed by atoms with Crippen LogP contribution in [0.4, 0.5) is 0 Å². The maximum absolute atomic E-state index is 12.9. The van der Waals surface area contributed by atoms with Crippen LogP contribution < -0.4 is 0 Å². The maximum atomic E-state index is 12.9. The van der Waals surface area contributed by atoms with E-state index < -0.39 is 0 Å². The van der Waals surface area contributed by atoms with Crippen molar-refractivity contribution in [3.63, 3.8) is 0 Å². The van der Waals surface area contributed by atoms with Gasteiger partial charge in [0.1, 0.15) is 10.3 Å². The summed E-state index contributed by atoms with van der Waals surface area (Å²) in [5.74, 6) is 1.28. The summed E-state index contributed by atoms with van der Waals surface area (Å²) in [6.45, 7) is 4.68. The van der Waals surface area contributed by atoms with Crippen molar-refractivity contribution in [1.29, 1.82) is 0 Å². The minimum atomic E-state index is -0.145. The van der Waals surface area contributed by atoms with Crippen molar-refractivity contribution in [1.82, 2.24) is 25.0 Å². The summed E-state index contributed by atoms with van der Waals surface area (Å²) >= 11 is 1.32. The van der Waals surface area contributed by atoms with Gasteiger partial charge in [0.2, 0.25) is 5.89 Å². The Morgan fingerprint density at radius 1 is 1.42 bits per heavy atom. The lowest BCUT2D eigenvalue weighted by atomic mass is 10.2. The van der Waals surface area contributed by atoms with Gasteiger partial charge < -0.3 is 9.42 Å². The third-order valence-corrected chi connectivity index (χ3v) is 5.08.